The van der Waals surface area contributed by atoms with Crippen LogP contribution in [0.4, 0.5) is 5.95 Å². The molecule has 1 aromatic carbocycles. The molecule has 1 aromatic heterocycles. The number of aromatic nitrogens is 2. The summed E-state index contributed by atoms with van der Waals surface area (Å²) in [5.74, 6) is 0.702. The molecule has 24 heavy (non-hydrogen) atoms. The number of rotatable bonds is 5. The molecular weight excluding hydrogens is 324 g/mol. The van der Waals surface area contributed by atoms with E-state index in [-0.39, 0.29) is 5.91 Å². The van der Waals surface area contributed by atoms with Gasteiger partial charge in [-0.2, -0.15) is 0 Å². The van der Waals surface area contributed by atoms with Crippen molar-refractivity contribution in [2.75, 3.05) is 12.8 Å². The second kappa shape index (κ2) is 7.43. The SMILES string of the molecule is CN(C(=O)CCCn1c(N)nc2cc(Cl)ccc21)C1CCCCC1. The number of benzene rings is 1. The molecule has 0 saturated heterocycles. The summed E-state index contributed by atoms with van der Waals surface area (Å²) in [5.41, 5.74) is 7.77. The fraction of sp³-hybridized carbons (Fsp3) is 0.556. The molecule has 130 valence electrons. The molecule has 0 spiro atoms. The van der Waals surface area contributed by atoms with E-state index in [0.29, 0.717) is 30.0 Å². The number of nitrogens with zero attached hydrogens (tertiary/aromatic N) is 3. The first-order chi connectivity index (χ1) is 11.6. The Kier molecular flexibility index (Phi) is 5.29. The molecule has 0 atom stereocenters. The molecule has 2 aromatic rings. The highest BCUT2D eigenvalue weighted by atomic mass is 35.5. The molecule has 5 nitrogen and oxygen atoms in total. The number of hydrogen-bond donors (Lipinski definition) is 1. The van der Waals surface area contributed by atoms with Crippen LogP contribution in [0.1, 0.15) is 44.9 Å². The molecular formula is C18H25ClN4O. The molecule has 2 N–H and O–H groups in total. The summed E-state index contributed by atoms with van der Waals surface area (Å²) in [6, 6.07) is 6.00. The third-order valence-corrected chi connectivity index (χ3v) is 5.26. The van der Waals surface area contributed by atoms with Gasteiger partial charge in [0, 0.05) is 31.1 Å². The van der Waals surface area contributed by atoms with Gasteiger partial charge >= 0.3 is 0 Å². The third kappa shape index (κ3) is 3.66. The van der Waals surface area contributed by atoms with Crippen molar-refractivity contribution in [3.8, 4) is 0 Å². The number of hydrogen-bond acceptors (Lipinski definition) is 3. The number of imidazole rings is 1. The first kappa shape index (κ1) is 17.1. The zero-order chi connectivity index (χ0) is 17.1. The van der Waals surface area contributed by atoms with Gasteiger partial charge in [0.05, 0.1) is 11.0 Å². The van der Waals surface area contributed by atoms with Gasteiger partial charge in [-0.25, -0.2) is 4.98 Å². The van der Waals surface area contributed by atoms with Gasteiger partial charge in [0.1, 0.15) is 0 Å². The fourth-order valence-electron chi connectivity index (χ4n) is 3.59. The van der Waals surface area contributed by atoms with Crippen molar-refractivity contribution < 1.29 is 4.79 Å². The predicted molar refractivity (Wildman–Crippen MR) is 98.0 cm³/mol. The molecule has 3 rings (SSSR count). The lowest BCUT2D eigenvalue weighted by atomic mass is 9.94. The van der Waals surface area contributed by atoms with E-state index >= 15 is 0 Å². The average molecular weight is 349 g/mol. The van der Waals surface area contributed by atoms with E-state index in [0.717, 1.165) is 30.3 Å². The highest BCUT2D eigenvalue weighted by molar-refractivity contribution is 6.31. The van der Waals surface area contributed by atoms with Crippen molar-refractivity contribution >= 4 is 34.5 Å². The van der Waals surface area contributed by atoms with E-state index < -0.39 is 0 Å². The largest absolute Gasteiger partial charge is 0.369 e. The molecule has 1 fully saturated rings. The minimum atomic E-state index is 0.230. The van der Waals surface area contributed by atoms with Crippen LogP contribution in [0.3, 0.4) is 0 Å². The Bertz CT molecular complexity index is 721. The number of anilines is 1. The Balaban J connectivity index is 1.58. The van der Waals surface area contributed by atoms with Crippen molar-refractivity contribution in [3.05, 3.63) is 23.2 Å². The standard InChI is InChI=1S/C18H25ClN4O/c1-22(14-6-3-2-4-7-14)17(24)8-5-11-23-16-10-9-13(19)12-15(16)21-18(23)20/h9-10,12,14H,2-8,11H2,1H3,(H2,20,21). The van der Waals surface area contributed by atoms with Crippen LogP contribution in [0.2, 0.25) is 5.02 Å². The normalized spacial score (nSPS) is 15.8. The number of nitrogen functional groups attached to an aromatic ring is 1. The fourth-order valence-corrected chi connectivity index (χ4v) is 3.76. The van der Waals surface area contributed by atoms with Crippen molar-refractivity contribution in [2.24, 2.45) is 0 Å². The van der Waals surface area contributed by atoms with E-state index in [4.69, 9.17) is 17.3 Å². The lowest BCUT2D eigenvalue weighted by Gasteiger charge is -2.31. The Labute approximate surface area is 147 Å². The number of carbonyl (C=O) groups excluding carboxylic acids is 1. The van der Waals surface area contributed by atoms with E-state index in [1.807, 2.05) is 34.7 Å². The monoisotopic (exact) mass is 348 g/mol. The molecule has 1 heterocycles. The maximum Gasteiger partial charge on any atom is 0.222 e. The Morgan fingerprint density at radius 2 is 2.12 bits per heavy atom. The van der Waals surface area contributed by atoms with Gasteiger partial charge in [0.25, 0.3) is 0 Å². The van der Waals surface area contributed by atoms with E-state index in [1.165, 1.54) is 19.3 Å². The van der Waals surface area contributed by atoms with Crippen LogP contribution in [0.15, 0.2) is 18.2 Å². The van der Waals surface area contributed by atoms with Crippen LogP contribution in [0.5, 0.6) is 0 Å². The van der Waals surface area contributed by atoms with Gasteiger partial charge in [-0.1, -0.05) is 30.9 Å². The van der Waals surface area contributed by atoms with Gasteiger partial charge in [0.15, 0.2) is 0 Å². The summed E-state index contributed by atoms with van der Waals surface area (Å²) in [5, 5.41) is 0.649. The molecule has 1 saturated carbocycles. The van der Waals surface area contributed by atoms with E-state index in [9.17, 15) is 4.79 Å². The van der Waals surface area contributed by atoms with Crippen molar-refractivity contribution in [2.45, 2.75) is 57.5 Å². The average Bonchev–Trinajstić information content (AvgIpc) is 2.89. The van der Waals surface area contributed by atoms with E-state index in [1.54, 1.807) is 0 Å². The molecule has 0 unspecified atom stereocenters. The zero-order valence-electron chi connectivity index (χ0n) is 14.2. The minimum absolute atomic E-state index is 0.230. The molecule has 0 bridgehead atoms. The maximum atomic E-state index is 12.4. The highest BCUT2D eigenvalue weighted by Crippen LogP contribution is 2.24. The number of nitrogens with two attached hydrogens (primary N) is 1. The van der Waals surface area contributed by atoms with Gasteiger partial charge in [-0.05, 0) is 37.5 Å². The summed E-state index contributed by atoms with van der Waals surface area (Å²) in [7, 11) is 1.95. The number of fused-ring (bicyclic) bond motifs is 1. The summed E-state index contributed by atoms with van der Waals surface area (Å²) < 4.78 is 1.96. The molecule has 6 heteroatoms. The first-order valence-corrected chi connectivity index (χ1v) is 9.11. The molecule has 0 radical (unpaired) electrons. The van der Waals surface area contributed by atoms with Gasteiger partial charge in [0.2, 0.25) is 11.9 Å². The number of halogens is 1. The van der Waals surface area contributed by atoms with Crippen molar-refractivity contribution in [1.29, 1.82) is 0 Å². The number of amides is 1. The van der Waals surface area contributed by atoms with Crippen LogP contribution >= 0.6 is 11.6 Å². The molecule has 1 aliphatic rings. The third-order valence-electron chi connectivity index (χ3n) is 5.03. The highest BCUT2D eigenvalue weighted by Gasteiger charge is 2.21. The second-order valence-electron chi connectivity index (χ2n) is 6.65. The summed E-state index contributed by atoms with van der Waals surface area (Å²) in [6.45, 7) is 0.689. The van der Waals surface area contributed by atoms with Crippen molar-refractivity contribution in [3.63, 3.8) is 0 Å². The maximum absolute atomic E-state index is 12.4. The molecule has 1 aliphatic carbocycles. The molecule has 1 amide bonds. The van der Waals surface area contributed by atoms with Gasteiger partial charge in [-0.3, -0.25) is 4.79 Å². The van der Waals surface area contributed by atoms with Crippen LogP contribution in [0, 0.1) is 0 Å². The number of carbonyl (C=O) groups is 1. The van der Waals surface area contributed by atoms with E-state index in [2.05, 4.69) is 4.98 Å². The zero-order valence-corrected chi connectivity index (χ0v) is 14.9. The lowest BCUT2D eigenvalue weighted by molar-refractivity contribution is -0.132. The molecule has 0 aliphatic heterocycles. The Hall–Kier alpha value is -1.75. The van der Waals surface area contributed by atoms with Gasteiger partial charge < -0.3 is 15.2 Å². The lowest BCUT2D eigenvalue weighted by Crippen LogP contribution is -2.38. The Morgan fingerprint density at radius 1 is 1.38 bits per heavy atom. The van der Waals surface area contributed by atoms with Crippen LogP contribution < -0.4 is 5.73 Å². The van der Waals surface area contributed by atoms with Crippen molar-refractivity contribution in [1.82, 2.24) is 14.5 Å². The summed E-state index contributed by atoms with van der Waals surface area (Å²) >= 11 is 5.99. The number of aryl methyl sites for hydroxylation is 1. The first-order valence-electron chi connectivity index (χ1n) is 8.73. The predicted octanol–water partition coefficient (Wildman–Crippen LogP) is 3.84. The van der Waals surface area contributed by atoms with Gasteiger partial charge in [-0.15, -0.1) is 0 Å². The summed E-state index contributed by atoms with van der Waals surface area (Å²) in [4.78, 5) is 18.7. The van der Waals surface area contributed by atoms with Crippen LogP contribution in [-0.2, 0) is 11.3 Å². The van der Waals surface area contributed by atoms with Crippen LogP contribution in [-0.4, -0.2) is 33.4 Å². The minimum Gasteiger partial charge on any atom is -0.369 e. The summed E-state index contributed by atoms with van der Waals surface area (Å²) in [6.07, 6.45) is 7.36. The quantitative estimate of drug-likeness (QED) is 0.892. The van der Waals surface area contributed by atoms with Crippen LogP contribution in [0.25, 0.3) is 11.0 Å². The second-order valence-corrected chi connectivity index (χ2v) is 7.09. The Morgan fingerprint density at radius 3 is 2.88 bits per heavy atom. The smallest absolute Gasteiger partial charge is 0.222 e. The topological polar surface area (TPSA) is 64.2 Å².